The number of hydrogen-bond acceptors (Lipinski definition) is 7. The molecule has 0 aliphatic carbocycles. The summed E-state index contributed by atoms with van der Waals surface area (Å²) in [5, 5.41) is 0. The predicted molar refractivity (Wildman–Crippen MR) is 146 cm³/mol. The van der Waals surface area contributed by atoms with Crippen molar-refractivity contribution in [2.45, 2.75) is 72.1 Å². The lowest BCUT2D eigenvalue weighted by molar-refractivity contribution is 0.109. The Labute approximate surface area is 225 Å². The summed E-state index contributed by atoms with van der Waals surface area (Å²) in [5.41, 5.74) is 3.89. The van der Waals surface area contributed by atoms with E-state index < -0.39 is 0 Å². The topological polar surface area (TPSA) is 68.5 Å². The highest BCUT2D eigenvalue weighted by atomic mass is 19.1. The summed E-state index contributed by atoms with van der Waals surface area (Å²) in [6.45, 7) is 13.9. The van der Waals surface area contributed by atoms with Gasteiger partial charge in [-0.05, 0) is 44.2 Å². The zero-order valence-corrected chi connectivity index (χ0v) is 23.4. The second kappa shape index (κ2) is 11.6. The number of likely N-dealkylation sites (tertiary alicyclic amines) is 2. The number of piperazine rings is 1. The number of benzene rings is 1. The van der Waals surface area contributed by atoms with Gasteiger partial charge in [0.05, 0.1) is 18.8 Å². The van der Waals surface area contributed by atoms with Gasteiger partial charge in [0.2, 0.25) is 0 Å². The Balaban J connectivity index is 1.32. The number of halogens is 1. The Morgan fingerprint density at radius 1 is 1.08 bits per heavy atom. The maximum atomic E-state index is 15.5. The van der Waals surface area contributed by atoms with Gasteiger partial charge in [-0.25, -0.2) is 9.37 Å². The van der Waals surface area contributed by atoms with Crippen LogP contribution in [-0.4, -0.2) is 81.4 Å². The number of aromatic nitrogens is 4. The maximum absolute atomic E-state index is 15.5. The van der Waals surface area contributed by atoms with Gasteiger partial charge in [-0.3, -0.25) is 9.80 Å². The molecular weight excluding hydrogens is 483 g/mol. The van der Waals surface area contributed by atoms with Gasteiger partial charge in [-0.1, -0.05) is 26.0 Å². The summed E-state index contributed by atoms with van der Waals surface area (Å²) >= 11 is 0. The highest BCUT2D eigenvalue weighted by Gasteiger charge is 2.42. The number of ether oxygens (including phenoxy) is 2. The lowest BCUT2D eigenvalue weighted by atomic mass is 10.1. The summed E-state index contributed by atoms with van der Waals surface area (Å²) in [7, 11) is 1.76. The van der Waals surface area contributed by atoms with E-state index in [-0.39, 0.29) is 5.82 Å². The first-order valence-corrected chi connectivity index (χ1v) is 14.0. The largest absolute Gasteiger partial charge is 0.464 e. The van der Waals surface area contributed by atoms with Gasteiger partial charge in [0.15, 0.2) is 5.65 Å². The number of hydrogen-bond donors (Lipinski definition) is 0. The molecule has 5 rings (SSSR count). The number of aryl methyl sites for hydroxylation is 1. The number of nitrogens with zero attached hydrogens (tertiary/aromatic N) is 6. The van der Waals surface area contributed by atoms with Crippen molar-refractivity contribution in [3.05, 3.63) is 46.7 Å². The Bertz CT molecular complexity index is 1260. The first-order chi connectivity index (χ1) is 18.4. The number of imidazole rings is 1. The SMILES string of the molecule is CCOc1nc(C)c2nc(CC(C)C)n(Cc3ccc(CN4C[C@H]5C[C@@H]4CN5CCCOC)cc3F)c2n1. The van der Waals surface area contributed by atoms with Crippen LogP contribution in [0.2, 0.25) is 0 Å². The van der Waals surface area contributed by atoms with Crippen LogP contribution in [0, 0.1) is 18.7 Å². The molecule has 0 saturated carbocycles. The van der Waals surface area contributed by atoms with E-state index in [0.717, 1.165) is 68.2 Å². The summed E-state index contributed by atoms with van der Waals surface area (Å²) in [6.07, 6.45) is 3.07. The normalized spacial score (nSPS) is 19.9. The van der Waals surface area contributed by atoms with Gasteiger partial charge < -0.3 is 14.0 Å². The van der Waals surface area contributed by atoms with Crippen molar-refractivity contribution >= 4 is 11.2 Å². The lowest BCUT2D eigenvalue weighted by Gasteiger charge is -2.34. The second-order valence-electron chi connectivity index (χ2n) is 11.1. The quantitative estimate of drug-likeness (QED) is 0.329. The monoisotopic (exact) mass is 524 g/mol. The van der Waals surface area contributed by atoms with E-state index in [4.69, 9.17) is 14.5 Å². The molecule has 0 unspecified atom stereocenters. The van der Waals surface area contributed by atoms with E-state index in [2.05, 4.69) is 39.7 Å². The standard InChI is InChI=1S/C29H41FN6O2/c1-6-38-29-31-20(4)27-28(33-29)36(26(32-27)12-19(2)3)16-22-9-8-21(13-25(22)30)15-35-18-23-14-24(35)17-34(23)10-7-11-37-5/h8-9,13,19,23-24H,6-7,10-12,14-18H2,1-5H3/t23-,24-/m1/s1. The molecule has 38 heavy (non-hydrogen) atoms. The van der Waals surface area contributed by atoms with Gasteiger partial charge >= 0.3 is 6.01 Å². The molecule has 2 aliphatic heterocycles. The molecule has 4 heterocycles. The average Bonchev–Trinajstić information content (AvgIpc) is 3.54. The number of fused-ring (bicyclic) bond motifs is 3. The third kappa shape index (κ3) is 5.70. The molecule has 2 aliphatic rings. The van der Waals surface area contributed by atoms with Crippen LogP contribution in [-0.2, 0) is 24.2 Å². The fraction of sp³-hybridized carbons (Fsp3) is 0.621. The minimum absolute atomic E-state index is 0.179. The Kier molecular flexibility index (Phi) is 8.26. The van der Waals surface area contributed by atoms with E-state index >= 15 is 4.39 Å². The molecule has 206 valence electrons. The molecule has 0 amide bonds. The molecule has 0 N–H and O–H groups in total. The third-order valence-electron chi connectivity index (χ3n) is 7.78. The molecule has 2 atom stereocenters. The zero-order chi connectivity index (χ0) is 26.8. The number of methoxy groups -OCH3 is 1. The third-order valence-corrected chi connectivity index (χ3v) is 7.78. The Morgan fingerprint density at radius 3 is 2.55 bits per heavy atom. The first-order valence-electron chi connectivity index (χ1n) is 14.0. The van der Waals surface area contributed by atoms with E-state index in [1.54, 1.807) is 13.2 Å². The smallest absolute Gasteiger partial charge is 0.318 e. The van der Waals surface area contributed by atoms with Crippen LogP contribution < -0.4 is 4.74 Å². The van der Waals surface area contributed by atoms with Crippen molar-refractivity contribution in [3.63, 3.8) is 0 Å². The van der Waals surface area contributed by atoms with E-state index in [1.807, 2.05) is 24.5 Å². The zero-order valence-electron chi connectivity index (χ0n) is 23.4. The first kappa shape index (κ1) is 27.0. The fourth-order valence-electron chi connectivity index (χ4n) is 5.97. The fourth-order valence-corrected chi connectivity index (χ4v) is 5.97. The van der Waals surface area contributed by atoms with Crippen LogP contribution in [0.4, 0.5) is 4.39 Å². The molecule has 1 aromatic carbocycles. The molecule has 2 fully saturated rings. The van der Waals surface area contributed by atoms with Crippen molar-refractivity contribution in [2.75, 3.05) is 40.0 Å². The van der Waals surface area contributed by atoms with Crippen LogP contribution in [0.25, 0.3) is 11.2 Å². The summed E-state index contributed by atoms with van der Waals surface area (Å²) < 4.78 is 28.3. The van der Waals surface area contributed by atoms with Crippen LogP contribution in [0.3, 0.4) is 0 Å². The molecule has 2 bridgehead atoms. The summed E-state index contributed by atoms with van der Waals surface area (Å²) in [5.74, 6) is 1.12. The Hall–Kier alpha value is -2.62. The summed E-state index contributed by atoms with van der Waals surface area (Å²) in [6, 6.07) is 7.23. The molecule has 8 nitrogen and oxygen atoms in total. The van der Waals surface area contributed by atoms with Crippen molar-refractivity contribution in [2.24, 2.45) is 5.92 Å². The van der Waals surface area contributed by atoms with Crippen LogP contribution in [0.15, 0.2) is 18.2 Å². The highest BCUT2D eigenvalue weighted by Crippen LogP contribution is 2.32. The van der Waals surface area contributed by atoms with Gasteiger partial charge in [0.1, 0.15) is 17.2 Å². The van der Waals surface area contributed by atoms with E-state index in [0.29, 0.717) is 48.4 Å². The number of rotatable bonds is 12. The lowest BCUT2D eigenvalue weighted by Crippen LogP contribution is -2.46. The maximum Gasteiger partial charge on any atom is 0.318 e. The minimum atomic E-state index is -0.179. The molecule has 2 aromatic heterocycles. The average molecular weight is 525 g/mol. The molecule has 2 saturated heterocycles. The van der Waals surface area contributed by atoms with Crippen molar-refractivity contribution in [1.82, 2.24) is 29.3 Å². The molecule has 0 spiro atoms. The van der Waals surface area contributed by atoms with Gasteiger partial charge in [-0.2, -0.15) is 9.97 Å². The van der Waals surface area contributed by atoms with Crippen LogP contribution in [0.1, 0.15) is 56.3 Å². The second-order valence-corrected chi connectivity index (χ2v) is 11.1. The molecule has 3 aromatic rings. The highest BCUT2D eigenvalue weighted by molar-refractivity contribution is 5.74. The van der Waals surface area contributed by atoms with E-state index in [1.165, 1.54) is 6.42 Å². The van der Waals surface area contributed by atoms with Crippen molar-refractivity contribution in [3.8, 4) is 6.01 Å². The predicted octanol–water partition coefficient (Wildman–Crippen LogP) is 4.21. The van der Waals surface area contributed by atoms with Crippen LogP contribution in [0.5, 0.6) is 6.01 Å². The molecular formula is C29H41FN6O2. The van der Waals surface area contributed by atoms with E-state index in [9.17, 15) is 0 Å². The van der Waals surface area contributed by atoms with Gasteiger partial charge in [0.25, 0.3) is 0 Å². The summed E-state index contributed by atoms with van der Waals surface area (Å²) in [4.78, 5) is 19.1. The Morgan fingerprint density at radius 2 is 1.87 bits per heavy atom. The van der Waals surface area contributed by atoms with Gasteiger partial charge in [-0.15, -0.1) is 0 Å². The van der Waals surface area contributed by atoms with Gasteiger partial charge in [0, 0.05) is 64.0 Å². The minimum Gasteiger partial charge on any atom is -0.464 e. The van der Waals surface area contributed by atoms with Crippen LogP contribution >= 0.6 is 0 Å². The van der Waals surface area contributed by atoms with Crippen molar-refractivity contribution in [1.29, 1.82) is 0 Å². The van der Waals surface area contributed by atoms with Crippen molar-refractivity contribution < 1.29 is 13.9 Å². The molecule has 0 radical (unpaired) electrons. The molecule has 9 heteroatoms.